The average molecular weight is 266 g/mol. The van der Waals surface area contributed by atoms with Gasteiger partial charge in [-0.1, -0.05) is 47.0 Å². The van der Waals surface area contributed by atoms with Crippen molar-refractivity contribution in [2.45, 2.75) is 90.3 Å². The minimum Gasteiger partial charge on any atom is -0.308 e. The normalized spacial score (nSPS) is 28.4. The van der Waals surface area contributed by atoms with E-state index in [4.69, 9.17) is 0 Å². The lowest BCUT2D eigenvalue weighted by Gasteiger charge is -2.53. The van der Waals surface area contributed by atoms with Gasteiger partial charge >= 0.3 is 0 Å². The Morgan fingerprint density at radius 2 is 1.74 bits per heavy atom. The molecule has 2 rings (SSSR count). The first-order valence-electron chi connectivity index (χ1n) is 8.62. The van der Waals surface area contributed by atoms with Gasteiger partial charge in [0.15, 0.2) is 0 Å². The van der Waals surface area contributed by atoms with E-state index in [1.807, 2.05) is 0 Å². The van der Waals surface area contributed by atoms with Crippen LogP contribution < -0.4 is 5.32 Å². The fraction of sp³-hybridized carbons (Fsp3) is 1.00. The number of hydrogen-bond acceptors (Lipinski definition) is 2. The molecule has 0 aromatic heterocycles. The molecule has 0 aromatic carbocycles. The summed E-state index contributed by atoms with van der Waals surface area (Å²) in [4.78, 5) is 2.87. The lowest BCUT2D eigenvalue weighted by Crippen LogP contribution is -2.67. The predicted molar refractivity (Wildman–Crippen MR) is 83.5 cm³/mol. The Morgan fingerprint density at radius 3 is 2.26 bits per heavy atom. The highest BCUT2D eigenvalue weighted by Gasteiger charge is 2.42. The first-order valence-corrected chi connectivity index (χ1v) is 8.62. The van der Waals surface area contributed by atoms with E-state index in [1.54, 1.807) is 0 Å². The number of piperazine rings is 1. The first kappa shape index (κ1) is 15.3. The third-order valence-corrected chi connectivity index (χ3v) is 5.59. The van der Waals surface area contributed by atoms with Crippen LogP contribution in [-0.2, 0) is 0 Å². The van der Waals surface area contributed by atoms with Crippen LogP contribution >= 0.6 is 0 Å². The highest BCUT2D eigenvalue weighted by Crippen LogP contribution is 2.34. The predicted octanol–water partition coefficient (Wildman–Crippen LogP) is 3.81. The molecule has 1 spiro atoms. The fourth-order valence-electron chi connectivity index (χ4n) is 4.30. The van der Waals surface area contributed by atoms with Crippen LogP contribution in [0.25, 0.3) is 0 Å². The van der Waals surface area contributed by atoms with Gasteiger partial charge in [-0.15, -0.1) is 0 Å². The van der Waals surface area contributed by atoms with Gasteiger partial charge < -0.3 is 5.32 Å². The molecule has 1 saturated carbocycles. The van der Waals surface area contributed by atoms with Crippen molar-refractivity contribution in [2.24, 2.45) is 5.92 Å². The Morgan fingerprint density at radius 1 is 1.11 bits per heavy atom. The van der Waals surface area contributed by atoms with Crippen LogP contribution in [0, 0.1) is 5.92 Å². The summed E-state index contributed by atoms with van der Waals surface area (Å²) in [6, 6.07) is 1.52. The summed E-state index contributed by atoms with van der Waals surface area (Å²) in [6.45, 7) is 12.0. The zero-order chi connectivity index (χ0) is 13.9. The Bertz CT molecular complexity index is 264. The maximum Gasteiger partial charge on any atom is 0.0309 e. The molecular weight excluding hydrogens is 232 g/mol. The zero-order valence-corrected chi connectivity index (χ0v) is 13.5. The summed E-state index contributed by atoms with van der Waals surface area (Å²) in [7, 11) is 0. The van der Waals surface area contributed by atoms with Gasteiger partial charge in [-0.05, 0) is 31.6 Å². The summed E-state index contributed by atoms with van der Waals surface area (Å²) in [6.07, 6.45) is 9.70. The molecule has 1 aliphatic carbocycles. The maximum absolute atomic E-state index is 3.96. The Hall–Kier alpha value is -0.0800. The quantitative estimate of drug-likeness (QED) is 0.832. The summed E-state index contributed by atoms with van der Waals surface area (Å²) in [5, 5.41) is 3.96. The van der Waals surface area contributed by atoms with Gasteiger partial charge in [-0.2, -0.15) is 0 Å². The van der Waals surface area contributed by atoms with Gasteiger partial charge in [-0.25, -0.2) is 0 Å². The van der Waals surface area contributed by atoms with E-state index in [2.05, 4.69) is 37.9 Å². The van der Waals surface area contributed by atoms with Crippen LogP contribution in [0.2, 0.25) is 0 Å². The molecule has 0 aromatic rings. The molecule has 1 N–H and O–H groups in total. The second-order valence-corrected chi connectivity index (χ2v) is 7.18. The molecule has 1 aliphatic heterocycles. The SMILES string of the molecule is CCC(CC)N1CC2(CCCCC2)NCC1C(C)C. The number of nitrogens with zero attached hydrogens (tertiary/aromatic N) is 1. The maximum atomic E-state index is 3.96. The molecule has 2 heteroatoms. The highest BCUT2D eigenvalue weighted by molar-refractivity contribution is 5.01. The Balaban J connectivity index is 2.12. The van der Waals surface area contributed by atoms with Crippen molar-refractivity contribution >= 4 is 0 Å². The van der Waals surface area contributed by atoms with Gasteiger partial charge in [0, 0.05) is 30.7 Å². The van der Waals surface area contributed by atoms with Crippen LogP contribution in [-0.4, -0.2) is 35.6 Å². The lowest BCUT2D eigenvalue weighted by atomic mass is 9.78. The van der Waals surface area contributed by atoms with Gasteiger partial charge in [0.05, 0.1) is 0 Å². The van der Waals surface area contributed by atoms with Crippen molar-refractivity contribution in [2.75, 3.05) is 13.1 Å². The van der Waals surface area contributed by atoms with Gasteiger partial charge in [-0.3, -0.25) is 4.90 Å². The molecule has 2 nitrogen and oxygen atoms in total. The van der Waals surface area contributed by atoms with E-state index in [0.717, 1.165) is 18.0 Å². The van der Waals surface area contributed by atoms with E-state index in [1.165, 1.54) is 58.0 Å². The van der Waals surface area contributed by atoms with Crippen molar-refractivity contribution in [1.29, 1.82) is 0 Å². The monoisotopic (exact) mass is 266 g/mol. The number of nitrogens with one attached hydrogen (secondary N) is 1. The van der Waals surface area contributed by atoms with Crippen LogP contribution in [0.3, 0.4) is 0 Å². The molecule has 1 unspecified atom stereocenters. The van der Waals surface area contributed by atoms with E-state index < -0.39 is 0 Å². The Labute approximate surface area is 120 Å². The molecule has 0 bridgehead atoms. The van der Waals surface area contributed by atoms with Crippen LogP contribution in [0.5, 0.6) is 0 Å². The van der Waals surface area contributed by atoms with E-state index in [0.29, 0.717) is 5.54 Å². The summed E-state index contributed by atoms with van der Waals surface area (Å²) in [5.41, 5.74) is 0.451. The third kappa shape index (κ3) is 3.33. The van der Waals surface area contributed by atoms with Crippen LogP contribution in [0.4, 0.5) is 0 Å². The van der Waals surface area contributed by atoms with Crippen molar-refractivity contribution in [3.63, 3.8) is 0 Å². The average Bonchev–Trinajstić information content (AvgIpc) is 2.41. The number of rotatable bonds is 4. The molecule has 0 radical (unpaired) electrons. The minimum atomic E-state index is 0.451. The molecule has 1 saturated heterocycles. The largest absolute Gasteiger partial charge is 0.308 e. The van der Waals surface area contributed by atoms with Crippen LogP contribution in [0.1, 0.15) is 72.6 Å². The van der Waals surface area contributed by atoms with E-state index in [9.17, 15) is 0 Å². The van der Waals surface area contributed by atoms with Crippen LogP contribution in [0.15, 0.2) is 0 Å². The molecule has 1 atom stereocenters. The first-order chi connectivity index (χ1) is 9.12. The molecule has 2 aliphatic rings. The van der Waals surface area contributed by atoms with Gasteiger partial charge in [0.1, 0.15) is 0 Å². The Kier molecular flexibility index (Phi) is 5.30. The second kappa shape index (κ2) is 6.58. The van der Waals surface area contributed by atoms with Gasteiger partial charge in [0.25, 0.3) is 0 Å². The van der Waals surface area contributed by atoms with Crippen molar-refractivity contribution in [3.05, 3.63) is 0 Å². The molecule has 1 heterocycles. The summed E-state index contributed by atoms with van der Waals surface area (Å²) in [5.74, 6) is 0.758. The number of hydrogen-bond donors (Lipinski definition) is 1. The van der Waals surface area contributed by atoms with Crippen molar-refractivity contribution < 1.29 is 0 Å². The molecule has 19 heavy (non-hydrogen) atoms. The smallest absolute Gasteiger partial charge is 0.0309 e. The lowest BCUT2D eigenvalue weighted by molar-refractivity contribution is 0.00368. The second-order valence-electron chi connectivity index (χ2n) is 7.18. The molecule has 0 amide bonds. The van der Waals surface area contributed by atoms with Gasteiger partial charge in [0.2, 0.25) is 0 Å². The highest BCUT2D eigenvalue weighted by atomic mass is 15.3. The van der Waals surface area contributed by atoms with E-state index >= 15 is 0 Å². The zero-order valence-electron chi connectivity index (χ0n) is 13.5. The third-order valence-electron chi connectivity index (χ3n) is 5.59. The minimum absolute atomic E-state index is 0.451. The molecule has 2 fully saturated rings. The summed E-state index contributed by atoms with van der Waals surface area (Å²) < 4.78 is 0. The topological polar surface area (TPSA) is 15.3 Å². The van der Waals surface area contributed by atoms with Crippen molar-refractivity contribution in [1.82, 2.24) is 10.2 Å². The standard InChI is InChI=1S/C17H34N2/c1-5-15(6-2)19-13-17(10-8-7-9-11-17)18-12-16(19)14(3)4/h14-16,18H,5-13H2,1-4H3. The summed E-state index contributed by atoms with van der Waals surface area (Å²) >= 11 is 0. The van der Waals surface area contributed by atoms with Crippen molar-refractivity contribution in [3.8, 4) is 0 Å². The molecule has 112 valence electrons. The molecular formula is C17H34N2. The fourth-order valence-corrected chi connectivity index (χ4v) is 4.30. The van der Waals surface area contributed by atoms with E-state index in [-0.39, 0.29) is 0 Å².